The first-order valence-electron chi connectivity index (χ1n) is 8.91. The lowest BCUT2D eigenvalue weighted by Gasteiger charge is -2.26. The van der Waals surface area contributed by atoms with Gasteiger partial charge in [0.25, 0.3) is 0 Å². The summed E-state index contributed by atoms with van der Waals surface area (Å²) < 4.78 is 39.7. The smallest absolute Gasteiger partial charge is 0.318 e. The Bertz CT molecular complexity index is 978. The second-order valence-corrected chi connectivity index (χ2v) is 8.58. The molecule has 0 spiro atoms. The van der Waals surface area contributed by atoms with Gasteiger partial charge in [0.05, 0.1) is 17.0 Å². The van der Waals surface area contributed by atoms with E-state index in [2.05, 4.69) is 5.16 Å². The summed E-state index contributed by atoms with van der Waals surface area (Å²) in [4.78, 5) is 17.1. The first-order chi connectivity index (χ1) is 13.3. The number of aryl methyl sites for hydroxylation is 1. The Morgan fingerprint density at radius 1 is 1.14 bits per heavy atom. The Hall–Kier alpha value is -2.58. The van der Waals surface area contributed by atoms with Crippen molar-refractivity contribution in [3.63, 3.8) is 0 Å². The molecule has 1 fully saturated rings. The molecule has 3 rings (SSSR count). The van der Waals surface area contributed by atoms with Crippen LogP contribution in [0.5, 0.6) is 0 Å². The molecule has 1 aliphatic rings. The fraction of sp³-hybridized carbons (Fsp3) is 0.300. The van der Waals surface area contributed by atoms with E-state index in [4.69, 9.17) is 4.84 Å². The third-order valence-corrected chi connectivity index (χ3v) is 6.36. The summed E-state index contributed by atoms with van der Waals surface area (Å²) in [5.41, 5.74) is 2.15. The van der Waals surface area contributed by atoms with E-state index in [1.165, 1.54) is 28.6 Å². The monoisotopic (exact) mass is 404 g/mol. The van der Waals surface area contributed by atoms with Crippen molar-refractivity contribution in [1.82, 2.24) is 4.31 Å². The third-order valence-electron chi connectivity index (χ3n) is 4.47. The highest BCUT2D eigenvalue weighted by atomic mass is 32.2. The lowest BCUT2D eigenvalue weighted by molar-refractivity contribution is -0.142. The van der Waals surface area contributed by atoms with Crippen LogP contribution in [0.1, 0.15) is 24.0 Å². The molecule has 0 aliphatic carbocycles. The number of benzene rings is 2. The zero-order valence-electron chi connectivity index (χ0n) is 15.5. The molecule has 0 atom stereocenters. The lowest BCUT2D eigenvalue weighted by Crippen LogP contribution is -2.38. The quantitative estimate of drug-likeness (QED) is 0.567. The number of sulfonamides is 1. The summed E-state index contributed by atoms with van der Waals surface area (Å²) >= 11 is 0. The first kappa shape index (κ1) is 20.2. The van der Waals surface area contributed by atoms with Gasteiger partial charge in [-0.2, -0.15) is 4.31 Å². The van der Waals surface area contributed by atoms with Crippen LogP contribution in [0.2, 0.25) is 0 Å². The Balaban J connectivity index is 1.54. The van der Waals surface area contributed by atoms with E-state index in [0.717, 1.165) is 5.56 Å². The minimum absolute atomic E-state index is 0.00901. The summed E-state index contributed by atoms with van der Waals surface area (Å²) in [6, 6.07) is 12.4. The van der Waals surface area contributed by atoms with E-state index < -0.39 is 16.0 Å². The summed E-state index contributed by atoms with van der Waals surface area (Å²) in [6.07, 6.45) is 0.786. The van der Waals surface area contributed by atoms with Gasteiger partial charge in [-0.15, -0.1) is 0 Å². The highest BCUT2D eigenvalue weighted by molar-refractivity contribution is 7.89. The Kier molecular flexibility index (Phi) is 6.21. The molecular weight excluding hydrogens is 383 g/mol. The van der Waals surface area contributed by atoms with Crippen molar-refractivity contribution in [2.24, 2.45) is 5.16 Å². The van der Waals surface area contributed by atoms with E-state index >= 15 is 0 Å². The van der Waals surface area contributed by atoms with Crippen LogP contribution in [0.3, 0.4) is 0 Å². The highest BCUT2D eigenvalue weighted by Crippen LogP contribution is 2.20. The van der Waals surface area contributed by atoms with Crippen molar-refractivity contribution < 1.29 is 22.4 Å². The summed E-state index contributed by atoms with van der Waals surface area (Å²) in [5.74, 6) is -0.918. The number of carbonyl (C=O) groups is 1. The van der Waals surface area contributed by atoms with Crippen molar-refractivity contribution in [3.8, 4) is 0 Å². The van der Waals surface area contributed by atoms with E-state index in [1.54, 1.807) is 18.2 Å². The van der Waals surface area contributed by atoms with Gasteiger partial charge in [-0.1, -0.05) is 29.4 Å². The van der Waals surface area contributed by atoms with E-state index in [0.29, 0.717) is 24.1 Å². The van der Waals surface area contributed by atoms with Gasteiger partial charge >= 0.3 is 5.97 Å². The topological polar surface area (TPSA) is 76.0 Å². The van der Waals surface area contributed by atoms with Crippen LogP contribution in [0.15, 0.2) is 58.6 Å². The number of nitrogens with zero attached hydrogens (tertiary/aromatic N) is 2. The number of oxime groups is 1. The standard InChI is InChI=1S/C20H21FN2O4S/c1-15-3-2-4-19(13-15)28(25,26)23-11-9-18(10-12-23)22-27-20(24)14-16-5-7-17(21)8-6-16/h2-8,13H,9-12,14H2,1H3. The van der Waals surface area contributed by atoms with Crippen molar-refractivity contribution in [1.29, 1.82) is 0 Å². The zero-order chi connectivity index (χ0) is 20.1. The lowest BCUT2D eigenvalue weighted by atomic mass is 10.1. The van der Waals surface area contributed by atoms with Gasteiger partial charge in [0.2, 0.25) is 10.0 Å². The van der Waals surface area contributed by atoms with Crippen LogP contribution < -0.4 is 0 Å². The molecule has 0 aromatic heterocycles. The van der Waals surface area contributed by atoms with E-state index in [9.17, 15) is 17.6 Å². The van der Waals surface area contributed by atoms with Crippen LogP contribution in [-0.2, 0) is 26.1 Å². The molecule has 1 aliphatic heterocycles. The molecule has 28 heavy (non-hydrogen) atoms. The van der Waals surface area contributed by atoms with Crippen molar-refractivity contribution in [2.45, 2.75) is 31.1 Å². The highest BCUT2D eigenvalue weighted by Gasteiger charge is 2.28. The largest absolute Gasteiger partial charge is 0.339 e. The predicted molar refractivity (Wildman–Crippen MR) is 103 cm³/mol. The Labute approximate surface area is 163 Å². The van der Waals surface area contributed by atoms with Crippen LogP contribution in [0.25, 0.3) is 0 Å². The second-order valence-electron chi connectivity index (χ2n) is 6.64. The van der Waals surface area contributed by atoms with Gasteiger partial charge in [-0.3, -0.25) is 0 Å². The fourth-order valence-corrected chi connectivity index (χ4v) is 4.46. The first-order valence-corrected chi connectivity index (χ1v) is 10.4. The van der Waals surface area contributed by atoms with Crippen LogP contribution in [-0.4, -0.2) is 37.5 Å². The van der Waals surface area contributed by atoms with Crippen LogP contribution in [0.4, 0.5) is 4.39 Å². The number of piperidine rings is 1. The number of hydrogen-bond acceptors (Lipinski definition) is 5. The molecule has 0 unspecified atom stereocenters. The number of hydrogen-bond donors (Lipinski definition) is 0. The van der Waals surface area contributed by atoms with Crippen molar-refractivity contribution in [2.75, 3.05) is 13.1 Å². The normalized spacial score (nSPS) is 15.3. The SMILES string of the molecule is Cc1cccc(S(=O)(=O)N2CCC(=NOC(=O)Cc3ccc(F)cc3)CC2)c1. The molecule has 0 bridgehead atoms. The van der Waals surface area contributed by atoms with Crippen LogP contribution in [0, 0.1) is 12.7 Å². The molecule has 0 saturated carbocycles. The molecule has 2 aromatic rings. The number of rotatable bonds is 5. The predicted octanol–water partition coefficient (Wildman–Crippen LogP) is 3.06. The molecule has 1 saturated heterocycles. The molecular formula is C20H21FN2O4S. The van der Waals surface area contributed by atoms with Gasteiger partial charge in [0.15, 0.2) is 0 Å². The molecule has 6 nitrogen and oxygen atoms in total. The van der Waals surface area contributed by atoms with Crippen molar-refractivity contribution >= 4 is 21.7 Å². The number of carbonyl (C=O) groups excluding carboxylic acids is 1. The Morgan fingerprint density at radius 3 is 2.46 bits per heavy atom. The Morgan fingerprint density at radius 2 is 1.82 bits per heavy atom. The zero-order valence-corrected chi connectivity index (χ0v) is 16.3. The molecule has 0 radical (unpaired) electrons. The fourth-order valence-electron chi connectivity index (χ4n) is 2.92. The minimum Gasteiger partial charge on any atom is -0.318 e. The summed E-state index contributed by atoms with van der Waals surface area (Å²) in [6.45, 7) is 2.41. The summed E-state index contributed by atoms with van der Waals surface area (Å²) in [5, 5.41) is 3.87. The molecule has 2 aromatic carbocycles. The maximum Gasteiger partial charge on any atom is 0.339 e. The summed E-state index contributed by atoms with van der Waals surface area (Å²) in [7, 11) is -3.54. The second kappa shape index (κ2) is 8.62. The molecule has 0 N–H and O–H groups in total. The van der Waals surface area contributed by atoms with Crippen LogP contribution >= 0.6 is 0 Å². The van der Waals surface area contributed by atoms with Gasteiger partial charge in [0, 0.05) is 25.9 Å². The van der Waals surface area contributed by atoms with Gasteiger partial charge in [-0.05, 0) is 42.3 Å². The van der Waals surface area contributed by atoms with Crippen molar-refractivity contribution in [3.05, 3.63) is 65.5 Å². The maximum atomic E-state index is 12.9. The van der Waals surface area contributed by atoms with E-state index in [-0.39, 0.29) is 30.2 Å². The average molecular weight is 404 g/mol. The third kappa shape index (κ3) is 5.02. The van der Waals surface area contributed by atoms with Gasteiger partial charge in [0.1, 0.15) is 5.82 Å². The molecule has 8 heteroatoms. The number of halogens is 1. The average Bonchev–Trinajstić information content (AvgIpc) is 2.68. The van der Waals surface area contributed by atoms with Gasteiger partial charge in [-0.25, -0.2) is 17.6 Å². The minimum atomic E-state index is -3.54. The molecule has 148 valence electrons. The molecule has 1 heterocycles. The van der Waals surface area contributed by atoms with Gasteiger partial charge < -0.3 is 4.84 Å². The van der Waals surface area contributed by atoms with E-state index in [1.807, 2.05) is 13.0 Å². The maximum absolute atomic E-state index is 12.9. The molecule has 0 amide bonds.